The van der Waals surface area contributed by atoms with Crippen LogP contribution in [0.2, 0.25) is 5.02 Å². The lowest BCUT2D eigenvalue weighted by Crippen LogP contribution is -2.57. The third-order valence-electron chi connectivity index (χ3n) is 2.22. The number of halogens is 2. The van der Waals surface area contributed by atoms with Crippen LogP contribution in [0.25, 0.3) is 0 Å². The third kappa shape index (κ3) is 1.90. The summed E-state index contributed by atoms with van der Waals surface area (Å²) >= 11 is 5.31. The second-order valence-corrected chi connectivity index (χ2v) is 4.10. The maximum absolute atomic E-state index is 13.5. The van der Waals surface area contributed by atoms with Crippen molar-refractivity contribution in [3.8, 4) is 0 Å². The Balaban J connectivity index is 2.38. The molecule has 0 saturated carbocycles. The van der Waals surface area contributed by atoms with Crippen molar-refractivity contribution in [2.45, 2.75) is 5.54 Å². The molecule has 0 unspecified atom stereocenters. The van der Waals surface area contributed by atoms with Gasteiger partial charge in [0.1, 0.15) is 17.1 Å². The van der Waals surface area contributed by atoms with E-state index >= 15 is 0 Å². The summed E-state index contributed by atoms with van der Waals surface area (Å²) in [4.78, 5) is 3.90. The van der Waals surface area contributed by atoms with Crippen LogP contribution < -0.4 is 4.72 Å². The average Bonchev–Trinajstić information content (AvgIpc) is 2.12. The van der Waals surface area contributed by atoms with E-state index in [2.05, 4.69) is 9.71 Å². The van der Waals surface area contributed by atoms with Gasteiger partial charge in [0.05, 0.1) is 30.1 Å². The summed E-state index contributed by atoms with van der Waals surface area (Å²) < 4.78 is 31.7. The topological polar surface area (TPSA) is 51.2 Å². The normalized spacial score (nSPS) is 18.5. The molecule has 0 amide bonds. The van der Waals surface area contributed by atoms with Gasteiger partial charge in [0.25, 0.3) is 0 Å². The molecule has 1 aliphatic heterocycles. The quantitative estimate of drug-likeness (QED) is 0.771. The molecule has 1 aromatic heterocycles. The van der Waals surface area contributed by atoms with E-state index in [-0.39, 0.29) is 35.8 Å². The molecule has 0 aromatic carbocycles. The third-order valence-corrected chi connectivity index (χ3v) is 2.94. The van der Waals surface area contributed by atoms with E-state index in [0.717, 1.165) is 0 Å². The molecule has 0 atom stereocenters. The highest BCUT2D eigenvalue weighted by atomic mass is 35.5. The molecule has 0 bridgehead atoms. The van der Waals surface area contributed by atoms with E-state index in [1.807, 2.05) is 0 Å². The van der Waals surface area contributed by atoms with Gasteiger partial charge in [-0.15, -0.1) is 0 Å². The van der Waals surface area contributed by atoms with Crippen molar-refractivity contribution in [3.63, 3.8) is 0 Å². The molecule has 2 rings (SSSR count). The Bertz CT molecular complexity index is 400. The average molecular weight is 251 g/mol. The van der Waals surface area contributed by atoms with Gasteiger partial charge in [0.2, 0.25) is 0 Å². The van der Waals surface area contributed by atoms with Crippen LogP contribution in [0.4, 0.5) is 4.39 Å². The van der Waals surface area contributed by atoms with Crippen molar-refractivity contribution in [1.82, 2.24) is 9.71 Å². The summed E-state index contributed by atoms with van der Waals surface area (Å²) in [5, 5.41) is 0.228. The Morgan fingerprint density at radius 1 is 1.67 bits per heavy atom. The molecular weight excluding hydrogens is 243 g/mol. The fourth-order valence-corrected chi connectivity index (χ4v) is 1.97. The summed E-state index contributed by atoms with van der Waals surface area (Å²) in [5.74, 6) is -0.526. The van der Waals surface area contributed by atoms with Crippen molar-refractivity contribution in [3.05, 3.63) is 28.8 Å². The van der Waals surface area contributed by atoms with Crippen LogP contribution in [-0.4, -0.2) is 22.4 Å². The zero-order valence-electron chi connectivity index (χ0n) is 7.54. The fraction of sp³-hybridized carbons (Fsp3) is 0.375. The van der Waals surface area contributed by atoms with E-state index in [0.29, 0.717) is 0 Å². The van der Waals surface area contributed by atoms with Crippen LogP contribution in [0.1, 0.15) is 5.69 Å². The molecule has 1 N–H and O–H groups in total. The van der Waals surface area contributed by atoms with Crippen molar-refractivity contribution >= 4 is 23.5 Å². The number of hydrogen-bond acceptors (Lipinski definition) is 3. The minimum Gasteiger partial charge on any atom is -0.377 e. The number of pyridine rings is 1. The highest BCUT2D eigenvalue weighted by molar-refractivity contribution is 7.63. The minimum atomic E-state index is -0.794. The van der Waals surface area contributed by atoms with E-state index in [1.165, 1.54) is 12.3 Å². The Morgan fingerprint density at radius 3 is 2.87 bits per heavy atom. The molecule has 7 heteroatoms. The number of nitrogens with zero attached hydrogens (tertiary/aromatic N) is 1. The van der Waals surface area contributed by atoms with E-state index in [1.54, 1.807) is 0 Å². The number of ether oxygens (including phenoxy) is 1. The first-order valence-electron chi connectivity index (χ1n) is 4.17. The second-order valence-electron chi connectivity index (χ2n) is 3.26. The highest BCUT2D eigenvalue weighted by Gasteiger charge is 2.43. The van der Waals surface area contributed by atoms with Gasteiger partial charge in [-0.3, -0.25) is 4.98 Å². The fourth-order valence-electron chi connectivity index (χ4n) is 1.41. The molecule has 1 aliphatic rings. The lowest BCUT2D eigenvalue weighted by atomic mass is 9.93. The molecular formula is C8H8ClFN2O2S. The molecule has 1 fully saturated rings. The SMILES string of the molecule is O=[SH]NC1(c2ncc(Cl)cc2F)COC1. The Kier molecular flexibility index (Phi) is 3.01. The van der Waals surface area contributed by atoms with Crippen LogP contribution >= 0.6 is 11.6 Å². The van der Waals surface area contributed by atoms with Gasteiger partial charge < -0.3 is 4.74 Å². The van der Waals surface area contributed by atoms with E-state index in [4.69, 9.17) is 16.3 Å². The first kappa shape index (κ1) is 10.9. The first-order chi connectivity index (χ1) is 7.18. The Hall–Kier alpha value is -0.560. The van der Waals surface area contributed by atoms with Crippen molar-refractivity contribution in [1.29, 1.82) is 0 Å². The largest absolute Gasteiger partial charge is 0.377 e. The maximum atomic E-state index is 13.5. The highest BCUT2D eigenvalue weighted by Crippen LogP contribution is 2.30. The standard InChI is InChI=1S/C8H8ClFN2O2S/c9-5-1-6(10)7(11-2-5)8(12-15-13)3-14-4-8/h1-2,15H,3-4H2,(H,12,13). The summed E-state index contributed by atoms with van der Waals surface area (Å²) in [7, 11) is 0. The van der Waals surface area contributed by atoms with Crippen LogP contribution in [0, 0.1) is 5.82 Å². The van der Waals surface area contributed by atoms with Crippen molar-refractivity contribution in [2.24, 2.45) is 0 Å². The van der Waals surface area contributed by atoms with E-state index < -0.39 is 11.4 Å². The van der Waals surface area contributed by atoms with Gasteiger partial charge in [-0.05, 0) is 6.07 Å². The maximum Gasteiger partial charge on any atom is 0.148 e. The van der Waals surface area contributed by atoms with Gasteiger partial charge in [0.15, 0.2) is 0 Å². The Morgan fingerprint density at radius 2 is 2.40 bits per heavy atom. The van der Waals surface area contributed by atoms with Gasteiger partial charge in [-0.1, -0.05) is 11.6 Å². The summed E-state index contributed by atoms with van der Waals surface area (Å²) in [6.45, 7) is 0.488. The molecule has 1 aromatic rings. The van der Waals surface area contributed by atoms with Crippen molar-refractivity contribution < 1.29 is 13.3 Å². The smallest absolute Gasteiger partial charge is 0.148 e. The summed E-state index contributed by atoms with van der Waals surface area (Å²) in [6.07, 6.45) is 1.35. The molecule has 1 saturated heterocycles. The molecule has 0 radical (unpaired) electrons. The summed E-state index contributed by atoms with van der Waals surface area (Å²) in [5.41, 5.74) is -0.612. The van der Waals surface area contributed by atoms with Gasteiger partial charge in [0, 0.05) is 6.20 Å². The lowest BCUT2D eigenvalue weighted by Gasteiger charge is -2.39. The van der Waals surface area contributed by atoms with Gasteiger partial charge >= 0.3 is 0 Å². The van der Waals surface area contributed by atoms with Gasteiger partial charge in [-0.2, -0.15) is 0 Å². The number of rotatable bonds is 3. The zero-order valence-corrected chi connectivity index (χ0v) is 9.19. The number of nitrogens with one attached hydrogen (secondary N) is 1. The predicted molar refractivity (Wildman–Crippen MR) is 54.4 cm³/mol. The first-order valence-corrected chi connectivity index (χ1v) is 5.36. The van der Waals surface area contributed by atoms with Crippen LogP contribution in [0.15, 0.2) is 12.3 Å². The number of thiol groups is 1. The molecule has 0 aliphatic carbocycles. The molecule has 2 heterocycles. The summed E-state index contributed by atoms with van der Waals surface area (Å²) in [6, 6.07) is 1.17. The monoisotopic (exact) mass is 250 g/mol. The van der Waals surface area contributed by atoms with Gasteiger partial charge in [-0.25, -0.2) is 13.3 Å². The molecule has 15 heavy (non-hydrogen) atoms. The second kappa shape index (κ2) is 4.13. The van der Waals surface area contributed by atoms with Crippen LogP contribution in [-0.2, 0) is 22.1 Å². The predicted octanol–water partition coefficient (Wildman–Crippen LogP) is 0.549. The number of hydrogen-bond donors (Lipinski definition) is 2. The number of aromatic nitrogens is 1. The van der Waals surface area contributed by atoms with Crippen LogP contribution in [0.3, 0.4) is 0 Å². The molecule has 4 nitrogen and oxygen atoms in total. The van der Waals surface area contributed by atoms with Crippen LogP contribution in [0.5, 0.6) is 0 Å². The van der Waals surface area contributed by atoms with Crippen molar-refractivity contribution in [2.75, 3.05) is 13.2 Å². The minimum absolute atomic E-state index is 0.182. The molecule has 82 valence electrons. The molecule has 0 spiro atoms. The lowest BCUT2D eigenvalue weighted by molar-refractivity contribution is -0.0692. The Labute approximate surface area is 94.4 Å². The van der Waals surface area contributed by atoms with E-state index in [9.17, 15) is 8.60 Å². The zero-order chi connectivity index (χ0) is 10.9.